The van der Waals surface area contributed by atoms with E-state index in [1.807, 2.05) is 4.90 Å². The van der Waals surface area contributed by atoms with Crippen LogP contribution >= 0.6 is 22.6 Å². The van der Waals surface area contributed by atoms with E-state index in [0.29, 0.717) is 34.6 Å². The number of nitrogens with one attached hydrogen (secondary N) is 1. The number of anilines is 1. The summed E-state index contributed by atoms with van der Waals surface area (Å²) in [6.45, 7) is 1.90. The van der Waals surface area contributed by atoms with Gasteiger partial charge in [0.05, 0.1) is 22.3 Å². The standard InChI is InChI=1S/C15H19IN4O4S/c16-7-13(21)20-6-2-3-10(8-20)9-24-12-5-1-4-11-14(12)15(17)19-25(22,23)18-11/h1,4-5,10,18H,2-3,6-9H2,(H2,17,19). The normalized spacial score (nSPS) is 21.7. The second-order valence-electron chi connectivity index (χ2n) is 6.03. The molecule has 1 atom stereocenters. The molecule has 8 nitrogen and oxygen atoms in total. The fourth-order valence-electron chi connectivity index (χ4n) is 3.06. The number of nitrogens with two attached hydrogens (primary N) is 1. The van der Waals surface area contributed by atoms with Gasteiger partial charge in [0.2, 0.25) is 5.91 Å². The van der Waals surface area contributed by atoms with Crippen LogP contribution in [-0.4, -0.2) is 49.2 Å². The average Bonchev–Trinajstić information content (AvgIpc) is 2.58. The summed E-state index contributed by atoms with van der Waals surface area (Å²) < 4.78 is 35.4. The molecule has 1 aromatic rings. The lowest BCUT2D eigenvalue weighted by Gasteiger charge is -2.32. The van der Waals surface area contributed by atoms with Gasteiger partial charge in [-0.1, -0.05) is 28.7 Å². The molecule has 25 heavy (non-hydrogen) atoms. The molecule has 1 amide bonds. The second-order valence-corrected chi connectivity index (χ2v) is 8.12. The number of ether oxygens (including phenoxy) is 1. The van der Waals surface area contributed by atoms with Gasteiger partial charge in [-0.05, 0) is 25.0 Å². The topological polar surface area (TPSA) is 114 Å². The van der Waals surface area contributed by atoms with Crippen molar-refractivity contribution in [1.82, 2.24) is 4.90 Å². The fraction of sp³-hybridized carbons (Fsp3) is 0.467. The minimum atomic E-state index is -3.80. The first-order chi connectivity index (χ1) is 11.9. The van der Waals surface area contributed by atoms with E-state index < -0.39 is 10.2 Å². The highest BCUT2D eigenvalue weighted by molar-refractivity contribution is 14.1. The number of hydrogen-bond acceptors (Lipinski definition) is 5. The van der Waals surface area contributed by atoms with Crippen molar-refractivity contribution in [2.75, 3.05) is 28.8 Å². The SMILES string of the molecule is NC1=NS(=O)(=O)Nc2cccc(OCC3CCCN(C(=O)CI)C3)c21. The summed E-state index contributed by atoms with van der Waals surface area (Å²) in [7, 11) is -3.80. The first-order valence-electron chi connectivity index (χ1n) is 7.87. The zero-order chi connectivity index (χ0) is 18.0. The van der Waals surface area contributed by atoms with E-state index in [1.165, 1.54) is 0 Å². The number of hydrogen-bond donors (Lipinski definition) is 2. The lowest BCUT2D eigenvalue weighted by Crippen LogP contribution is -2.42. The molecule has 3 N–H and O–H groups in total. The van der Waals surface area contributed by atoms with Gasteiger partial charge in [0.25, 0.3) is 0 Å². The molecule has 0 spiro atoms. The van der Waals surface area contributed by atoms with Crippen LogP contribution in [0.25, 0.3) is 0 Å². The van der Waals surface area contributed by atoms with Gasteiger partial charge >= 0.3 is 10.2 Å². The first kappa shape index (κ1) is 18.2. The number of amidine groups is 1. The summed E-state index contributed by atoms with van der Waals surface area (Å²) in [5, 5.41) is 0. The van der Waals surface area contributed by atoms with Crippen molar-refractivity contribution in [3.8, 4) is 5.75 Å². The van der Waals surface area contributed by atoms with Crippen LogP contribution in [0.2, 0.25) is 0 Å². The molecule has 3 rings (SSSR count). The van der Waals surface area contributed by atoms with E-state index >= 15 is 0 Å². The van der Waals surface area contributed by atoms with Crippen molar-refractivity contribution in [3.63, 3.8) is 0 Å². The van der Waals surface area contributed by atoms with E-state index in [2.05, 4.69) is 31.7 Å². The Labute approximate surface area is 160 Å². The highest BCUT2D eigenvalue weighted by Gasteiger charge is 2.26. The van der Waals surface area contributed by atoms with E-state index in [4.69, 9.17) is 10.5 Å². The molecule has 1 unspecified atom stereocenters. The van der Waals surface area contributed by atoms with Crippen LogP contribution < -0.4 is 15.2 Å². The minimum absolute atomic E-state index is 0.0882. The van der Waals surface area contributed by atoms with Crippen LogP contribution in [0.4, 0.5) is 5.69 Å². The summed E-state index contributed by atoms with van der Waals surface area (Å²) >= 11 is 2.08. The molecule has 10 heteroatoms. The van der Waals surface area contributed by atoms with Gasteiger partial charge < -0.3 is 15.4 Å². The van der Waals surface area contributed by atoms with Gasteiger partial charge in [-0.3, -0.25) is 9.52 Å². The van der Waals surface area contributed by atoms with Crippen molar-refractivity contribution in [1.29, 1.82) is 0 Å². The van der Waals surface area contributed by atoms with Crippen LogP contribution in [-0.2, 0) is 15.0 Å². The number of likely N-dealkylation sites (tertiary alicyclic amines) is 1. The number of benzene rings is 1. The van der Waals surface area contributed by atoms with E-state index in [-0.39, 0.29) is 17.7 Å². The first-order valence-corrected chi connectivity index (χ1v) is 10.8. The Morgan fingerprint density at radius 1 is 1.48 bits per heavy atom. The predicted molar refractivity (Wildman–Crippen MR) is 103 cm³/mol. The second kappa shape index (κ2) is 7.36. The van der Waals surface area contributed by atoms with Crippen molar-refractivity contribution < 1.29 is 17.9 Å². The third-order valence-electron chi connectivity index (χ3n) is 4.20. The summed E-state index contributed by atoms with van der Waals surface area (Å²) in [6.07, 6.45) is 1.93. The molecule has 1 saturated heterocycles. The van der Waals surface area contributed by atoms with Crippen LogP contribution in [0.15, 0.2) is 22.6 Å². The molecule has 0 bridgehead atoms. The Bertz CT molecular complexity index is 812. The number of carbonyl (C=O) groups excluding carboxylic acids is 1. The maximum absolute atomic E-state index is 11.9. The predicted octanol–water partition coefficient (Wildman–Crippen LogP) is 1.11. The van der Waals surface area contributed by atoms with Crippen LogP contribution in [0, 0.1) is 5.92 Å². The quantitative estimate of drug-likeness (QED) is 0.498. The largest absolute Gasteiger partial charge is 0.492 e. The lowest BCUT2D eigenvalue weighted by atomic mass is 9.99. The molecular weight excluding hydrogens is 459 g/mol. The highest BCUT2D eigenvalue weighted by atomic mass is 127. The number of alkyl halides is 1. The van der Waals surface area contributed by atoms with Crippen molar-refractivity contribution in [3.05, 3.63) is 23.8 Å². The van der Waals surface area contributed by atoms with Gasteiger partial charge in [0.1, 0.15) is 5.75 Å². The Morgan fingerprint density at radius 2 is 2.28 bits per heavy atom. The molecule has 2 aliphatic heterocycles. The van der Waals surface area contributed by atoms with Gasteiger partial charge in [-0.15, -0.1) is 4.40 Å². The molecule has 1 aromatic carbocycles. The van der Waals surface area contributed by atoms with Crippen molar-refractivity contribution in [2.24, 2.45) is 16.0 Å². The molecule has 1 fully saturated rings. The van der Waals surface area contributed by atoms with E-state index in [9.17, 15) is 13.2 Å². The molecule has 0 radical (unpaired) electrons. The highest BCUT2D eigenvalue weighted by Crippen LogP contribution is 2.31. The number of amides is 1. The third kappa shape index (κ3) is 4.17. The number of carbonyl (C=O) groups is 1. The molecule has 0 saturated carbocycles. The van der Waals surface area contributed by atoms with Gasteiger partial charge in [0, 0.05) is 19.0 Å². The van der Waals surface area contributed by atoms with Crippen LogP contribution in [0.3, 0.4) is 0 Å². The Hall–Kier alpha value is -1.56. The van der Waals surface area contributed by atoms with Crippen LogP contribution in [0.5, 0.6) is 5.75 Å². The summed E-state index contributed by atoms with van der Waals surface area (Å²) in [5.41, 5.74) is 6.62. The lowest BCUT2D eigenvalue weighted by molar-refractivity contribution is -0.130. The maximum Gasteiger partial charge on any atom is 0.344 e. The van der Waals surface area contributed by atoms with Crippen molar-refractivity contribution in [2.45, 2.75) is 12.8 Å². The average molecular weight is 478 g/mol. The molecule has 136 valence electrons. The van der Waals surface area contributed by atoms with Gasteiger partial charge in [-0.25, -0.2) is 0 Å². The monoisotopic (exact) mass is 478 g/mol. The Kier molecular flexibility index (Phi) is 5.37. The van der Waals surface area contributed by atoms with Crippen LogP contribution in [0.1, 0.15) is 18.4 Å². The number of fused-ring (bicyclic) bond motifs is 1. The fourth-order valence-corrected chi connectivity index (χ4v) is 4.38. The third-order valence-corrected chi connectivity index (χ3v) is 5.77. The number of piperidine rings is 1. The smallest absolute Gasteiger partial charge is 0.344 e. The van der Waals surface area contributed by atoms with Gasteiger partial charge in [-0.2, -0.15) is 8.42 Å². The molecule has 2 aliphatic rings. The molecular formula is C15H19IN4O4S. The summed E-state index contributed by atoms with van der Waals surface area (Å²) in [6, 6.07) is 5.04. The van der Waals surface area contributed by atoms with Crippen molar-refractivity contribution >= 4 is 50.2 Å². The summed E-state index contributed by atoms with van der Waals surface area (Å²) in [5.74, 6) is 0.774. The number of nitrogens with zero attached hydrogens (tertiary/aromatic N) is 2. The Balaban J connectivity index is 1.72. The number of rotatable bonds is 4. The molecule has 0 aromatic heterocycles. The molecule has 2 heterocycles. The number of halogens is 1. The zero-order valence-electron chi connectivity index (χ0n) is 13.4. The zero-order valence-corrected chi connectivity index (χ0v) is 16.4. The summed E-state index contributed by atoms with van der Waals surface area (Å²) in [4.78, 5) is 13.7. The Morgan fingerprint density at radius 3 is 3.04 bits per heavy atom. The van der Waals surface area contributed by atoms with Gasteiger partial charge in [0.15, 0.2) is 5.84 Å². The molecule has 0 aliphatic carbocycles. The minimum Gasteiger partial charge on any atom is -0.492 e. The maximum atomic E-state index is 11.9. The van der Waals surface area contributed by atoms with E-state index in [1.54, 1.807) is 18.2 Å². The van der Waals surface area contributed by atoms with E-state index in [0.717, 1.165) is 19.4 Å².